The van der Waals surface area contributed by atoms with E-state index >= 15 is 0 Å². The van der Waals surface area contributed by atoms with Crippen LogP contribution in [0, 0.1) is 5.92 Å². The molecule has 0 fully saturated rings. The van der Waals surface area contributed by atoms with Gasteiger partial charge in [-0.05, 0) is 25.0 Å². The summed E-state index contributed by atoms with van der Waals surface area (Å²) in [6.45, 7) is 7.25. The summed E-state index contributed by atoms with van der Waals surface area (Å²) in [4.78, 5) is 16.2. The van der Waals surface area contributed by atoms with E-state index < -0.39 is 0 Å². The zero-order chi connectivity index (χ0) is 14.3. The van der Waals surface area contributed by atoms with Gasteiger partial charge in [0.15, 0.2) is 0 Å². The molecule has 0 spiro atoms. The van der Waals surface area contributed by atoms with E-state index in [1.807, 2.05) is 6.92 Å². The number of hydrogen-bond acceptors (Lipinski definition) is 4. The van der Waals surface area contributed by atoms with Crippen LogP contribution in [0.3, 0.4) is 0 Å². The molecule has 5 nitrogen and oxygen atoms in total. The van der Waals surface area contributed by atoms with Crippen LogP contribution in [0.25, 0.3) is 0 Å². The molecule has 1 rings (SSSR count). The molecule has 1 amide bonds. The second-order valence-corrected chi connectivity index (χ2v) is 4.67. The van der Waals surface area contributed by atoms with Crippen LogP contribution in [0.5, 0.6) is 0 Å². The highest BCUT2D eigenvalue weighted by Gasteiger charge is 2.17. The molecule has 0 saturated carbocycles. The van der Waals surface area contributed by atoms with Gasteiger partial charge in [0.05, 0.1) is 18.2 Å². The van der Waals surface area contributed by atoms with Gasteiger partial charge in [0.1, 0.15) is 5.82 Å². The second-order valence-electron chi connectivity index (χ2n) is 4.67. The monoisotopic (exact) mass is 265 g/mol. The predicted octanol–water partition coefficient (Wildman–Crippen LogP) is 1.91. The van der Waals surface area contributed by atoms with Crippen molar-refractivity contribution < 1.29 is 9.53 Å². The number of pyridine rings is 1. The maximum atomic E-state index is 12.1. The molecule has 1 atom stereocenters. The van der Waals surface area contributed by atoms with Crippen LogP contribution in [0.4, 0.5) is 5.82 Å². The average molecular weight is 265 g/mol. The molecule has 0 radical (unpaired) electrons. The van der Waals surface area contributed by atoms with Crippen LogP contribution in [0.1, 0.15) is 31.1 Å². The Bertz CT molecular complexity index is 390. The van der Waals surface area contributed by atoms with E-state index in [9.17, 15) is 4.79 Å². The summed E-state index contributed by atoms with van der Waals surface area (Å²) in [7, 11) is 1.79. The lowest BCUT2D eigenvalue weighted by Gasteiger charge is -2.22. The van der Waals surface area contributed by atoms with Gasteiger partial charge in [-0.3, -0.25) is 4.79 Å². The first-order chi connectivity index (χ1) is 9.08. The summed E-state index contributed by atoms with van der Waals surface area (Å²) in [5.41, 5.74) is 0.557. The maximum absolute atomic E-state index is 12.1. The first-order valence-corrected chi connectivity index (χ1v) is 6.60. The Morgan fingerprint density at radius 2 is 2.16 bits per heavy atom. The van der Waals surface area contributed by atoms with E-state index in [0.717, 1.165) is 5.82 Å². The first kappa shape index (κ1) is 15.4. The van der Waals surface area contributed by atoms with Crippen LogP contribution >= 0.6 is 0 Å². The summed E-state index contributed by atoms with van der Waals surface area (Å²) >= 11 is 0. The smallest absolute Gasteiger partial charge is 0.253 e. The van der Waals surface area contributed by atoms with Crippen LogP contribution in [0.2, 0.25) is 0 Å². The zero-order valence-corrected chi connectivity index (χ0v) is 12.1. The fraction of sp³-hybridized carbons (Fsp3) is 0.571. The normalized spacial score (nSPS) is 12.3. The maximum Gasteiger partial charge on any atom is 0.253 e. The standard InChI is InChI=1S/C14H23N3O2/c1-5-19-9-12(10(2)3)17-14(18)11-6-7-13(15-4)16-8-11/h6-8,10,12H,5,9H2,1-4H3,(H,15,16)(H,17,18). The molecule has 1 unspecified atom stereocenters. The minimum absolute atomic E-state index is 0.0106. The van der Waals surface area contributed by atoms with Crippen LogP contribution in [-0.4, -0.2) is 37.2 Å². The second kappa shape index (κ2) is 7.74. The van der Waals surface area contributed by atoms with Gasteiger partial charge in [0.25, 0.3) is 5.91 Å². The third-order valence-electron chi connectivity index (χ3n) is 2.90. The van der Waals surface area contributed by atoms with E-state index in [0.29, 0.717) is 24.7 Å². The lowest BCUT2D eigenvalue weighted by molar-refractivity contribution is 0.0806. The van der Waals surface area contributed by atoms with Crippen molar-refractivity contribution in [3.05, 3.63) is 23.9 Å². The van der Waals surface area contributed by atoms with Gasteiger partial charge in [0.2, 0.25) is 0 Å². The Kier molecular flexibility index (Phi) is 6.29. The molecule has 0 bridgehead atoms. The Hall–Kier alpha value is -1.62. The number of ether oxygens (including phenoxy) is 1. The van der Waals surface area contributed by atoms with Gasteiger partial charge >= 0.3 is 0 Å². The van der Waals surface area contributed by atoms with Gasteiger partial charge in [-0.2, -0.15) is 0 Å². The number of carbonyl (C=O) groups is 1. The highest BCUT2D eigenvalue weighted by Crippen LogP contribution is 2.07. The average Bonchev–Trinajstić information content (AvgIpc) is 2.43. The van der Waals surface area contributed by atoms with Crippen molar-refractivity contribution >= 4 is 11.7 Å². The van der Waals surface area contributed by atoms with Gasteiger partial charge < -0.3 is 15.4 Å². The SMILES string of the molecule is CCOCC(NC(=O)c1ccc(NC)nc1)C(C)C. The summed E-state index contributed by atoms with van der Waals surface area (Å²) in [5, 5.41) is 5.90. The van der Waals surface area contributed by atoms with Crippen molar-refractivity contribution in [1.29, 1.82) is 0 Å². The van der Waals surface area contributed by atoms with E-state index in [4.69, 9.17) is 4.74 Å². The Morgan fingerprint density at radius 3 is 2.63 bits per heavy atom. The molecule has 0 aliphatic carbocycles. The Morgan fingerprint density at radius 1 is 1.42 bits per heavy atom. The number of aromatic nitrogens is 1. The molecule has 1 aromatic rings. The van der Waals surface area contributed by atoms with Crippen molar-refractivity contribution in [2.24, 2.45) is 5.92 Å². The molecule has 19 heavy (non-hydrogen) atoms. The van der Waals surface area contributed by atoms with Crippen molar-refractivity contribution in [3.8, 4) is 0 Å². The molecule has 0 aromatic carbocycles. The minimum Gasteiger partial charge on any atom is -0.380 e. The van der Waals surface area contributed by atoms with E-state index in [1.165, 1.54) is 0 Å². The molecule has 0 saturated heterocycles. The van der Waals surface area contributed by atoms with Crippen molar-refractivity contribution in [2.45, 2.75) is 26.8 Å². The third-order valence-corrected chi connectivity index (χ3v) is 2.90. The molecule has 1 aromatic heterocycles. The van der Waals surface area contributed by atoms with Gasteiger partial charge in [-0.25, -0.2) is 4.98 Å². The third kappa shape index (κ3) is 4.87. The molecule has 0 aliphatic heterocycles. The molecule has 0 aliphatic rings. The number of nitrogens with zero attached hydrogens (tertiary/aromatic N) is 1. The number of nitrogens with one attached hydrogen (secondary N) is 2. The number of hydrogen-bond donors (Lipinski definition) is 2. The van der Waals surface area contributed by atoms with Gasteiger partial charge in [-0.1, -0.05) is 13.8 Å². The van der Waals surface area contributed by atoms with Crippen molar-refractivity contribution in [2.75, 3.05) is 25.6 Å². The fourth-order valence-corrected chi connectivity index (χ4v) is 1.57. The van der Waals surface area contributed by atoms with Crippen molar-refractivity contribution in [1.82, 2.24) is 10.3 Å². The number of anilines is 1. The molecule has 5 heteroatoms. The molecule has 2 N–H and O–H groups in total. The van der Waals surface area contributed by atoms with E-state index in [2.05, 4.69) is 29.5 Å². The quantitative estimate of drug-likeness (QED) is 0.790. The first-order valence-electron chi connectivity index (χ1n) is 6.60. The van der Waals surface area contributed by atoms with Gasteiger partial charge in [-0.15, -0.1) is 0 Å². The number of carbonyl (C=O) groups excluding carboxylic acids is 1. The molecular formula is C14H23N3O2. The zero-order valence-electron chi connectivity index (χ0n) is 12.1. The Balaban J connectivity index is 2.64. The molecular weight excluding hydrogens is 242 g/mol. The molecule has 106 valence electrons. The number of amides is 1. The van der Waals surface area contributed by atoms with E-state index in [-0.39, 0.29) is 11.9 Å². The highest BCUT2D eigenvalue weighted by molar-refractivity contribution is 5.94. The molecule has 1 heterocycles. The van der Waals surface area contributed by atoms with Crippen LogP contribution in [0.15, 0.2) is 18.3 Å². The largest absolute Gasteiger partial charge is 0.380 e. The highest BCUT2D eigenvalue weighted by atomic mass is 16.5. The Labute approximate surface area is 114 Å². The topological polar surface area (TPSA) is 63.2 Å². The predicted molar refractivity (Wildman–Crippen MR) is 76.4 cm³/mol. The minimum atomic E-state index is -0.117. The fourth-order valence-electron chi connectivity index (χ4n) is 1.57. The summed E-state index contributed by atoms with van der Waals surface area (Å²) in [5.74, 6) is 0.944. The summed E-state index contributed by atoms with van der Waals surface area (Å²) < 4.78 is 5.39. The van der Waals surface area contributed by atoms with Crippen LogP contribution < -0.4 is 10.6 Å². The van der Waals surface area contributed by atoms with Crippen LogP contribution in [-0.2, 0) is 4.74 Å². The van der Waals surface area contributed by atoms with Gasteiger partial charge in [0, 0.05) is 19.9 Å². The van der Waals surface area contributed by atoms with E-state index in [1.54, 1.807) is 25.4 Å². The number of rotatable bonds is 7. The summed E-state index contributed by atoms with van der Waals surface area (Å²) in [6, 6.07) is 3.55. The summed E-state index contributed by atoms with van der Waals surface area (Å²) in [6.07, 6.45) is 1.57. The lowest BCUT2D eigenvalue weighted by atomic mass is 10.0. The lowest BCUT2D eigenvalue weighted by Crippen LogP contribution is -2.41. The van der Waals surface area contributed by atoms with Crippen molar-refractivity contribution in [3.63, 3.8) is 0 Å².